The first-order valence-electron chi connectivity index (χ1n) is 4.63. The van der Waals surface area contributed by atoms with Gasteiger partial charge < -0.3 is 0 Å². The molecule has 0 aromatic rings. The minimum Gasteiger partial charge on any atom is -0.198 e. The Labute approximate surface area is 68.4 Å². The molecule has 0 N–H and O–H groups in total. The van der Waals surface area contributed by atoms with Gasteiger partial charge in [0.2, 0.25) is 0 Å². The molecule has 2 fully saturated rings. The van der Waals surface area contributed by atoms with Gasteiger partial charge in [-0.25, -0.2) is 0 Å². The first kappa shape index (κ1) is 7.16. The fraction of sp³-hybridized carbons (Fsp3) is 0.900. The summed E-state index contributed by atoms with van der Waals surface area (Å²) in [6.07, 6.45) is 2.65. The van der Waals surface area contributed by atoms with E-state index in [1.807, 2.05) is 0 Å². The zero-order valence-corrected chi connectivity index (χ0v) is 7.25. The highest BCUT2D eigenvalue weighted by molar-refractivity contribution is 5.05. The summed E-state index contributed by atoms with van der Waals surface area (Å²) in [5, 5.41) is 8.89. The van der Waals surface area contributed by atoms with Crippen molar-refractivity contribution in [2.45, 2.75) is 26.7 Å². The maximum Gasteiger partial charge on any atom is 0.0661 e. The van der Waals surface area contributed by atoms with E-state index >= 15 is 0 Å². The van der Waals surface area contributed by atoms with E-state index in [0.717, 1.165) is 17.8 Å². The second kappa shape index (κ2) is 2.24. The van der Waals surface area contributed by atoms with Crippen LogP contribution in [0, 0.1) is 40.9 Å². The normalized spacial score (nSPS) is 54.5. The van der Waals surface area contributed by atoms with Crippen LogP contribution in [0.1, 0.15) is 26.7 Å². The van der Waals surface area contributed by atoms with Crippen LogP contribution < -0.4 is 0 Å². The Hall–Kier alpha value is -0.510. The second-order valence-corrected chi connectivity index (χ2v) is 4.39. The molecule has 2 saturated carbocycles. The summed E-state index contributed by atoms with van der Waals surface area (Å²) in [4.78, 5) is 0. The van der Waals surface area contributed by atoms with Crippen molar-refractivity contribution >= 4 is 0 Å². The molecule has 1 heteroatoms. The predicted molar refractivity (Wildman–Crippen MR) is 43.6 cm³/mol. The van der Waals surface area contributed by atoms with Crippen molar-refractivity contribution in [1.29, 1.82) is 5.26 Å². The molecule has 2 aliphatic rings. The van der Waals surface area contributed by atoms with Crippen LogP contribution in [0.5, 0.6) is 0 Å². The van der Waals surface area contributed by atoms with Gasteiger partial charge in [-0.2, -0.15) is 5.26 Å². The van der Waals surface area contributed by atoms with Gasteiger partial charge >= 0.3 is 0 Å². The van der Waals surface area contributed by atoms with Gasteiger partial charge in [0.05, 0.1) is 12.0 Å². The summed E-state index contributed by atoms with van der Waals surface area (Å²) in [5.74, 6) is 3.56. The van der Waals surface area contributed by atoms with E-state index in [2.05, 4.69) is 19.9 Å². The van der Waals surface area contributed by atoms with Crippen molar-refractivity contribution in [1.82, 2.24) is 0 Å². The van der Waals surface area contributed by atoms with Gasteiger partial charge in [-0.3, -0.25) is 0 Å². The molecule has 2 aliphatic carbocycles. The Balaban J connectivity index is 2.19. The van der Waals surface area contributed by atoms with E-state index in [0.29, 0.717) is 11.8 Å². The molecule has 0 spiro atoms. The number of hydrogen-bond acceptors (Lipinski definition) is 1. The topological polar surface area (TPSA) is 23.8 Å². The van der Waals surface area contributed by atoms with Crippen molar-refractivity contribution < 1.29 is 0 Å². The van der Waals surface area contributed by atoms with Crippen LogP contribution in [0.15, 0.2) is 0 Å². The smallest absolute Gasteiger partial charge is 0.0661 e. The second-order valence-electron chi connectivity index (χ2n) is 4.39. The molecule has 0 aliphatic heterocycles. The summed E-state index contributed by atoms with van der Waals surface area (Å²) < 4.78 is 0. The molecular weight excluding hydrogens is 134 g/mol. The van der Waals surface area contributed by atoms with Gasteiger partial charge in [0.1, 0.15) is 0 Å². The largest absolute Gasteiger partial charge is 0.198 e. The standard InChI is InChI=1S/C10H15N/c1-6-3-8-4-9(6)7(2)10(8)5-11/h6-10H,3-4H2,1-2H3. The van der Waals surface area contributed by atoms with E-state index in [1.165, 1.54) is 12.8 Å². The average Bonchev–Trinajstić information content (AvgIpc) is 2.44. The molecule has 5 atom stereocenters. The van der Waals surface area contributed by atoms with Crippen LogP contribution in [0.3, 0.4) is 0 Å². The number of fused-ring (bicyclic) bond motifs is 2. The Bertz CT molecular complexity index is 201. The molecule has 0 saturated heterocycles. The fourth-order valence-corrected chi connectivity index (χ4v) is 3.28. The molecule has 1 nitrogen and oxygen atoms in total. The predicted octanol–water partition coefficient (Wildman–Crippen LogP) is 2.44. The Morgan fingerprint density at radius 2 is 2.00 bits per heavy atom. The highest BCUT2D eigenvalue weighted by atomic mass is 14.5. The lowest BCUT2D eigenvalue weighted by molar-refractivity contribution is 0.226. The molecule has 0 amide bonds. The third-order valence-electron chi connectivity index (χ3n) is 3.88. The maximum absolute atomic E-state index is 8.89. The summed E-state index contributed by atoms with van der Waals surface area (Å²) in [5.41, 5.74) is 0. The lowest BCUT2D eigenvalue weighted by Crippen LogP contribution is -2.23. The van der Waals surface area contributed by atoms with Gasteiger partial charge in [0.25, 0.3) is 0 Å². The van der Waals surface area contributed by atoms with Gasteiger partial charge in [-0.1, -0.05) is 13.8 Å². The van der Waals surface area contributed by atoms with Crippen LogP contribution in [0.2, 0.25) is 0 Å². The third-order valence-corrected chi connectivity index (χ3v) is 3.88. The van der Waals surface area contributed by atoms with Crippen LogP contribution in [-0.2, 0) is 0 Å². The van der Waals surface area contributed by atoms with Crippen LogP contribution in [0.25, 0.3) is 0 Å². The van der Waals surface area contributed by atoms with Crippen molar-refractivity contribution in [3.8, 4) is 6.07 Å². The number of hydrogen-bond donors (Lipinski definition) is 0. The van der Waals surface area contributed by atoms with E-state index in [-0.39, 0.29) is 0 Å². The van der Waals surface area contributed by atoms with Gasteiger partial charge in [-0.05, 0) is 36.5 Å². The molecule has 60 valence electrons. The molecule has 0 heterocycles. The zero-order chi connectivity index (χ0) is 8.01. The van der Waals surface area contributed by atoms with Crippen LogP contribution >= 0.6 is 0 Å². The quantitative estimate of drug-likeness (QED) is 0.519. The average molecular weight is 149 g/mol. The van der Waals surface area contributed by atoms with Crippen LogP contribution in [-0.4, -0.2) is 0 Å². The summed E-state index contributed by atoms with van der Waals surface area (Å²) in [6.45, 7) is 4.60. The van der Waals surface area contributed by atoms with Crippen molar-refractivity contribution in [3.63, 3.8) is 0 Å². The summed E-state index contributed by atoms with van der Waals surface area (Å²) >= 11 is 0. The highest BCUT2D eigenvalue weighted by Crippen LogP contribution is 2.54. The van der Waals surface area contributed by atoms with Crippen molar-refractivity contribution in [2.75, 3.05) is 0 Å². The van der Waals surface area contributed by atoms with E-state index in [1.54, 1.807) is 0 Å². The van der Waals surface area contributed by atoms with E-state index < -0.39 is 0 Å². The first-order valence-corrected chi connectivity index (χ1v) is 4.63. The molecule has 11 heavy (non-hydrogen) atoms. The van der Waals surface area contributed by atoms with E-state index in [4.69, 9.17) is 5.26 Å². The fourth-order valence-electron chi connectivity index (χ4n) is 3.28. The lowest BCUT2D eigenvalue weighted by atomic mass is 9.76. The van der Waals surface area contributed by atoms with Crippen molar-refractivity contribution in [3.05, 3.63) is 0 Å². The third kappa shape index (κ3) is 0.819. The van der Waals surface area contributed by atoms with Crippen LogP contribution in [0.4, 0.5) is 0 Å². The first-order chi connectivity index (χ1) is 5.24. The Kier molecular flexibility index (Phi) is 1.45. The maximum atomic E-state index is 8.89. The minimum atomic E-state index is 0.385. The molecule has 0 aromatic heterocycles. The van der Waals surface area contributed by atoms with E-state index in [9.17, 15) is 0 Å². The van der Waals surface area contributed by atoms with Gasteiger partial charge in [0, 0.05) is 0 Å². The number of nitrogens with zero attached hydrogens (tertiary/aromatic N) is 1. The molecule has 2 bridgehead atoms. The number of nitriles is 1. The van der Waals surface area contributed by atoms with Gasteiger partial charge in [0.15, 0.2) is 0 Å². The SMILES string of the molecule is CC1CC2CC1C(C)C2C#N. The van der Waals surface area contributed by atoms with Gasteiger partial charge in [-0.15, -0.1) is 0 Å². The zero-order valence-electron chi connectivity index (χ0n) is 7.25. The monoisotopic (exact) mass is 149 g/mol. The summed E-state index contributed by atoms with van der Waals surface area (Å²) in [6, 6.07) is 2.47. The molecule has 0 radical (unpaired) electrons. The molecular formula is C10H15N. The number of rotatable bonds is 0. The molecule has 5 unspecified atom stereocenters. The summed E-state index contributed by atoms with van der Waals surface area (Å²) in [7, 11) is 0. The molecule has 0 aromatic carbocycles. The van der Waals surface area contributed by atoms with Crippen molar-refractivity contribution in [2.24, 2.45) is 29.6 Å². The highest BCUT2D eigenvalue weighted by Gasteiger charge is 2.48. The minimum absolute atomic E-state index is 0.385. The Morgan fingerprint density at radius 1 is 1.27 bits per heavy atom. The Morgan fingerprint density at radius 3 is 2.45 bits per heavy atom. The lowest BCUT2D eigenvalue weighted by Gasteiger charge is -2.27. The molecule has 2 rings (SSSR count).